The van der Waals surface area contributed by atoms with Crippen LogP contribution in [0.2, 0.25) is 10.0 Å². The first kappa shape index (κ1) is 20.0. The number of carbonyl (C=O) groups is 2. The van der Waals surface area contributed by atoms with Crippen LogP contribution in [0.5, 0.6) is 5.75 Å². The van der Waals surface area contributed by atoms with Crippen LogP contribution >= 0.6 is 23.2 Å². The van der Waals surface area contributed by atoms with Crippen molar-refractivity contribution >= 4 is 46.8 Å². The molecule has 1 aliphatic rings. The molecule has 1 N–H and O–H groups in total. The Labute approximate surface area is 183 Å². The summed E-state index contributed by atoms with van der Waals surface area (Å²) < 4.78 is 5.76. The van der Waals surface area contributed by atoms with Gasteiger partial charge in [0.15, 0.2) is 0 Å². The molecule has 5 nitrogen and oxygen atoms in total. The Balaban J connectivity index is 1.47. The van der Waals surface area contributed by atoms with E-state index in [1.54, 1.807) is 36.4 Å². The number of halogens is 2. The molecular formula is C23H16Cl2N2O3. The highest BCUT2D eigenvalue weighted by Gasteiger charge is 2.34. The summed E-state index contributed by atoms with van der Waals surface area (Å²) in [6, 6.07) is 21.7. The molecule has 1 fully saturated rings. The molecule has 30 heavy (non-hydrogen) atoms. The summed E-state index contributed by atoms with van der Waals surface area (Å²) >= 11 is 11.9. The van der Waals surface area contributed by atoms with Crippen molar-refractivity contribution in [2.45, 2.75) is 6.61 Å². The minimum atomic E-state index is -0.490. The summed E-state index contributed by atoms with van der Waals surface area (Å²) in [5.41, 5.74) is 4.76. The van der Waals surface area contributed by atoms with Crippen molar-refractivity contribution in [3.63, 3.8) is 0 Å². The minimum absolute atomic E-state index is 0.0269. The fourth-order valence-corrected chi connectivity index (χ4v) is 3.22. The second-order valence-corrected chi connectivity index (χ2v) is 7.40. The average Bonchev–Trinajstić information content (AvgIpc) is 3.04. The molecule has 0 spiro atoms. The highest BCUT2D eigenvalue weighted by atomic mass is 35.5. The SMILES string of the molecule is O=C1NN(c2ccc(Cl)c(Cl)c2)C(=O)/C1=C\c1ccc(OCc2ccccc2)cc1. The Morgan fingerprint density at radius 1 is 0.900 bits per heavy atom. The molecule has 3 aromatic carbocycles. The van der Waals surface area contributed by atoms with Crippen LogP contribution < -0.4 is 15.2 Å². The predicted molar refractivity (Wildman–Crippen MR) is 117 cm³/mol. The van der Waals surface area contributed by atoms with Crippen molar-refractivity contribution in [1.82, 2.24) is 5.43 Å². The standard InChI is InChI=1S/C23H16Cl2N2O3/c24-20-11-8-17(13-21(20)25)27-23(29)19(22(28)26-27)12-15-6-9-18(10-7-15)30-14-16-4-2-1-3-5-16/h1-13H,14H2,(H,26,28)/b19-12-. The van der Waals surface area contributed by atoms with Gasteiger partial charge in [0.1, 0.15) is 17.9 Å². The number of hydrogen-bond donors (Lipinski definition) is 1. The smallest absolute Gasteiger partial charge is 0.282 e. The Morgan fingerprint density at radius 3 is 2.33 bits per heavy atom. The summed E-state index contributed by atoms with van der Waals surface area (Å²) in [7, 11) is 0. The first-order valence-electron chi connectivity index (χ1n) is 9.10. The van der Waals surface area contributed by atoms with Gasteiger partial charge in [-0.25, -0.2) is 5.01 Å². The summed E-state index contributed by atoms with van der Waals surface area (Å²) in [6.07, 6.45) is 1.54. The lowest BCUT2D eigenvalue weighted by atomic mass is 10.1. The van der Waals surface area contributed by atoms with Crippen LogP contribution in [0.3, 0.4) is 0 Å². The fraction of sp³-hybridized carbons (Fsp3) is 0.0435. The van der Waals surface area contributed by atoms with E-state index >= 15 is 0 Å². The van der Waals surface area contributed by atoms with Crippen LogP contribution in [-0.4, -0.2) is 11.8 Å². The van der Waals surface area contributed by atoms with Crippen LogP contribution in [0.25, 0.3) is 6.08 Å². The van der Waals surface area contributed by atoms with Gasteiger partial charge in [-0.05, 0) is 47.5 Å². The maximum atomic E-state index is 12.7. The van der Waals surface area contributed by atoms with Crippen molar-refractivity contribution in [2.75, 3.05) is 5.01 Å². The molecule has 2 amide bonds. The van der Waals surface area contributed by atoms with E-state index in [9.17, 15) is 9.59 Å². The van der Waals surface area contributed by atoms with Crippen molar-refractivity contribution in [3.8, 4) is 5.75 Å². The molecule has 1 aliphatic heterocycles. The monoisotopic (exact) mass is 438 g/mol. The number of rotatable bonds is 5. The zero-order valence-electron chi connectivity index (χ0n) is 15.6. The molecule has 0 aliphatic carbocycles. The lowest BCUT2D eigenvalue weighted by Crippen LogP contribution is -2.35. The molecule has 0 bridgehead atoms. The molecule has 0 aromatic heterocycles. The van der Waals surface area contributed by atoms with Crippen molar-refractivity contribution in [2.24, 2.45) is 0 Å². The van der Waals surface area contributed by atoms with Crippen LogP contribution in [0.15, 0.2) is 78.4 Å². The average molecular weight is 439 g/mol. The van der Waals surface area contributed by atoms with E-state index < -0.39 is 11.8 Å². The van der Waals surface area contributed by atoms with Crippen molar-refractivity contribution in [1.29, 1.82) is 0 Å². The van der Waals surface area contributed by atoms with Gasteiger partial charge in [-0.3, -0.25) is 15.0 Å². The quantitative estimate of drug-likeness (QED) is 0.448. The number of nitrogens with one attached hydrogen (secondary N) is 1. The van der Waals surface area contributed by atoms with E-state index in [-0.39, 0.29) is 5.57 Å². The van der Waals surface area contributed by atoms with Gasteiger partial charge in [0.2, 0.25) is 0 Å². The normalized spacial score (nSPS) is 14.9. The predicted octanol–water partition coefficient (Wildman–Crippen LogP) is 5.03. The Hall–Kier alpha value is -3.28. The van der Waals surface area contributed by atoms with Gasteiger partial charge in [-0.15, -0.1) is 0 Å². The molecule has 4 rings (SSSR count). The zero-order chi connectivity index (χ0) is 21.1. The summed E-state index contributed by atoms with van der Waals surface area (Å²) in [5.74, 6) is -0.265. The Morgan fingerprint density at radius 2 is 1.63 bits per heavy atom. The third kappa shape index (κ3) is 4.32. The lowest BCUT2D eigenvalue weighted by Gasteiger charge is -2.15. The van der Waals surface area contributed by atoms with Gasteiger partial charge < -0.3 is 4.74 Å². The van der Waals surface area contributed by atoms with Crippen LogP contribution in [0.4, 0.5) is 5.69 Å². The molecule has 1 heterocycles. The molecule has 0 saturated carbocycles. The van der Waals surface area contributed by atoms with Crippen LogP contribution in [-0.2, 0) is 16.2 Å². The number of ether oxygens (including phenoxy) is 1. The first-order valence-corrected chi connectivity index (χ1v) is 9.86. The van der Waals surface area contributed by atoms with E-state index in [4.69, 9.17) is 27.9 Å². The molecule has 0 unspecified atom stereocenters. The molecule has 150 valence electrons. The van der Waals surface area contributed by atoms with E-state index in [0.717, 1.165) is 10.6 Å². The van der Waals surface area contributed by atoms with Gasteiger partial charge in [0, 0.05) is 0 Å². The molecular weight excluding hydrogens is 423 g/mol. The zero-order valence-corrected chi connectivity index (χ0v) is 17.2. The number of anilines is 1. The topological polar surface area (TPSA) is 58.6 Å². The summed E-state index contributed by atoms with van der Waals surface area (Å²) in [5, 5.41) is 1.80. The van der Waals surface area contributed by atoms with E-state index in [1.165, 1.54) is 12.1 Å². The van der Waals surface area contributed by atoms with Crippen LogP contribution in [0, 0.1) is 0 Å². The highest BCUT2D eigenvalue weighted by Crippen LogP contribution is 2.29. The number of hydrogen-bond acceptors (Lipinski definition) is 3. The Bertz CT molecular complexity index is 1130. The second kappa shape index (κ2) is 8.61. The number of hydrazine groups is 1. The summed E-state index contributed by atoms with van der Waals surface area (Å²) in [4.78, 5) is 25.0. The fourth-order valence-electron chi connectivity index (χ4n) is 2.93. The molecule has 0 radical (unpaired) electrons. The lowest BCUT2D eigenvalue weighted by molar-refractivity contribution is -0.117. The third-order valence-electron chi connectivity index (χ3n) is 4.49. The number of benzene rings is 3. The largest absolute Gasteiger partial charge is 0.489 e. The first-order chi connectivity index (χ1) is 14.5. The van der Waals surface area contributed by atoms with Crippen molar-refractivity contribution < 1.29 is 14.3 Å². The molecule has 7 heteroatoms. The number of nitrogens with zero attached hydrogens (tertiary/aromatic N) is 1. The van der Waals surface area contributed by atoms with Crippen LogP contribution in [0.1, 0.15) is 11.1 Å². The second-order valence-electron chi connectivity index (χ2n) is 6.58. The van der Waals surface area contributed by atoms with Gasteiger partial charge in [0.05, 0.1) is 15.7 Å². The van der Waals surface area contributed by atoms with E-state index in [0.29, 0.717) is 33.7 Å². The maximum Gasteiger partial charge on any atom is 0.282 e. The number of amides is 2. The Kier molecular flexibility index (Phi) is 5.74. The minimum Gasteiger partial charge on any atom is -0.489 e. The van der Waals surface area contributed by atoms with E-state index in [2.05, 4.69) is 5.43 Å². The highest BCUT2D eigenvalue weighted by molar-refractivity contribution is 6.42. The third-order valence-corrected chi connectivity index (χ3v) is 5.23. The molecule has 3 aromatic rings. The van der Waals surface area contributed by atoms with Gasteiger partial charge in [-0.1, -0.05) is 65.7 Å². The van der Waals surface area contributed by atoms with Gasteiger partial charge >= 0.3 is 0 Å². The molecule has 0 atom stereocenters. The maximum absolute atomic E-state index is 12.7. The van der Waals surface area contributed by atoms with Crippen molar-refractivity contribution in [3.05, 3.63) is 99.5 Å². The molecule has 1 saturated heterocycles. The van der Waals surface area contributed by atoms with Gasteiger partial charge in [0.25, 0.3) is 11.8 Å². The van der Waals surface area contributed by atoms with Gasteiger partial charge in [-0.2, -0.15) is 0 Å². The summed E-state index contributed by atoms with van der Waals surface area (Å²) in [6.45, 7) is 0.459. The number of carbonyl (C=O) groups excluding carboxylic acids is 2. The van der Waals surface area contributed by atoms with E-state index in [1.807, 2.05) is 30.3 Å².